The minimum Gasteiger partial charge on any atom is -0.504 e. The Kier molecular flexibility index (Phi) is 5.41. The van der Waals surface area contributed by atoms with E-state index in [9.17, 15) is 15.0 Å². The van der Waals surface area contributed by atoms with Crippen LogP contribution in [0.3, 0.4) is 0 Å². The summed E-state index contributed by atoms with van der Waals surface area (Å²) in [5.74, 6) is 0.343. The first-order valence-electron chi connectivity index (χ1n) is 8.56. The summed E-state index contributed by atoms with van der Waals surface area (Å²) in [4.78, 5) is 12.7. The molecule has 3 rings (SSSR count). The second-order valence-corrected chi connectivity index (χ2v) is 6.42. The van der Waals surface area contributed by atoms with E-state index in [2.05, 4.69) is 0 Å². The number of methoxy groups -OCH3 is 1. The summed E-state index contributed by atoms with van der Waals surface area (Å²) in [5, 5.41) is 19.8. The van der Waals surface area contributed by atoms with Gasteiger partial charge < -0.3 is 29.2 Å². The molecule has 0 unspecified atom stereocenters. The Morgan fingerprint density at radius 3 is 2.56 bits per heavy atom. The molecule has 7 heteroatoms. The van der Waals surface area contributed by atoms with E-state index in [0.29, 0.717) is 22.6 Å². The molecule has 0 amide bonds. The predicted octanol–water partition coefficient (Wildman–Crippen LogP) is 3.04. The van der Waals surface area contributed by atoms with Crippen LogP contribution in [0.4, 0.5) is 0 Å². The van der Waals surface area contributed by atoms with E-state index in [-0.39, 0.29) is 18.3 Å². The lowest BCUT2D eigenvalue weighted by Gasteiger charge is -2.27. The Bertz CT molecular complexity index is 831. The number of ether oxygens (including phenoxy) is 4. The standard InChI is InChI=1S/C20H22O7/c1-11(12(2)21)19(13-4-6-15(22)17(8-13)24-3)27-20(23)14-5-7-16-18(9-14)26-10-25-16/h4-9,11-12,19,21-22H,10H2,1-3H3/t11-,12+,19-/m1/s1. The van der Waals surface area contributed by atoms with Crippen molar-refractivity contribution < 1.29 is 34.0 Å². The number of phenols is 1. The largest absolute Gasteiger partial charge is 0.504 e. The van der Waals surface area contributed by atoms with Crippen LogP contribution in [0, 0.1) is 5.92 Å². The summed E-state index contributed by atoms with van der Waals surface area (Å²) in [6.45, 7) is 3.52. The lowest BCUT2D eigenvalue weighted by molar-refractivity contribution is -0.0103. The van der Waals surface area contributed by atoms with Gasteiger partial charge in [-0.2, -0.15) is 0 Å². The Morgan fingerprint density at radius 1 is 1.11 bits per heavy atom. The number of fused-ring (bicyclic) bond motifs is 1. The minimum absolute atomic E-state index is 0.0215. The normalized spacial score (nSPS) is 15.7. The first-order chi connectivity index (χ1) is 12.9. The highest BCUT2D eigenvalue weighted by molar-refractivity contribution is 5.90. The van der Waals surface area contributed by atoms with Crippen LogP contribution in [-0.2, 0) is 4.74 Å². The van der Waals surface area contributed by atoms with Crippen molar-refractivity contribution in [2.45, 2.75) is 26.1 Å². The molecule has 2 N–H and O–H groups in total. The molecule has 0 aliphatic carbocycles. The fourth-order valence-corrected chi connectivity index (χ4v) is 2.81. The number of aliphatic hydroxyl groups is 1. The quantitative estimate of drug-likeness (QED) is 0.751. The molecule has 3 atom stereocenters. The molecule has 144 valence electrons. The number of aliphatic hydroxyl groups excluding tert-OH is 1. The van der Waals surface area contributed by atoms with E-state index in [4.69, 9.17) is 18.9 Å². The average Bonchev–Trinajstić information content (AvgIpc) is 3.13. The number of carbonyl (C=O) groups excluding carboxylic acids is 1. The van der Waals surface area contributed by atoms with E-state index in [1.165, 1.54) is 13.2 Å². The average molecular weight is 374 g/mol. The minimum atomic E-state index is -0.738. The number of benzene rings is 2. The highest BCUT2D eigenvalue weighted by Gasteiger charge is 2.29. The van der Waals surface area contributed by atoms with Crippen LogP contribution in [0.1, 0.15) is 35.9 Å². The third-order valence-corrected chi connectivity index (χ3v) is 4.61. The van der Waals surface area contributed by atoms with Crippen molar-refractivity contribution in [2.75, 3.05) is 13.9 Å². The van der Waals surface area contributed by atoms with Crippen LogP contribution >= 0.6 is 0 Å². The molecule has 0 saturated heterocycles. The van der Waals surface area contributed by atoms with Crippen molar-refractivity contribution in [1.82, 2.24) is 0 Å². The van der Waals surface area contributed by atoms with Crippen LogP contribution in [0.5, 0.6) is 23.0 Å². The third-order valence-electron chi connectivity index (χ3n) is 4.61. The maximum absolute atomic E-state index is 12.7. The summed E-state index contributed by atoms with van der Waals surface area (Å²) in [5.41, 5.74) is 0.917. The second kappa shape index (κ2) is 7.75. The van der Waals surface area contributed by atoms with Gasteiger partial charge in [0, 0.05) is 5.92 Å². The highest BCUT2D eigenvalue weighted by atomic mass is 16.7. The van der Waals surface area contributed by atoms with Crippen LogP contribution in [0.25, 0.3) is 0 Å². The lowest BCUT2D eigenvalue weighted by atomic mass is 9.92. The van der Waals surface area contributed by atoms with Gasteiger partial charge in [-0.1, -0.05) is 13.0 Å². The smallest absolute Gasteiger partial charge is 0.338 e. The predicted molar refractivity (Wildman–Crippen MR) is 96.2 cm³/mol. The number of hydrogen-bond acceptors (Lipinski definition) is 7. The summed E-state index contributed by atoms with van der Waals surface area (Å²) < 4.78 is 21.4. The van der Waals surface area contributed by atoms with E-state index in [1.807, 2.05) is 0 Å². The van der Waals surface area contributed by atoms with Gasteiger partial charge >= 0.3 is 5.97 Å². The molecular weight excluding hydrogens is 352 g/mol. The lowest BCUT2D eigenvalue weighted by Crippen LogP contribution is -2.25. The Balaban J connectivity index is 1.88. The van der Waals surface area contributed by atoms with Crippen molar-refractivity contribution >= 4 is 5.97 Å². The van der Waals surface area contributed by atoms with Crippen molar-refractivity contribution in [3.05, 3.63) is 47.5 Å². The summed E-state index contributed by atoms with van der Waals surface area (Å²) in [7, 11) is 1.44. The molecule has 0 spiro atoms. The molecule has 0 fully saturated rings. The number of carbonyl (C=O) groups is 1. The zero-order valence-electron chi connectivity index (χ0n) is 15.3. The van der Waals surface area contributed by atoms with Gasteiger partial charge in [0.2, 0.25) is 6.79 Å². The third kappa shape index (κ3) is 3.93. The van der Waals surface area contributed by atoms with Crippen LogP contribution < -0.4 is 14.2 Å². The molecule has 1 aliphatic heterocycles. The van der Waals surface area contributed by atoms with Crippen LogP contribution in [0.15, 0.2) is 36.4 Å². The number of esters is 1. The molecule has 2 aromatic carbocycles. The number of phenolic OH excluding ortho intramolecular Hbond substituents is 1. The molecule has 0 bridgehead atoms. The van der Waals surface area contributed by atoms with Crippen molar-refractivity contribution in [3.63, 3.8) is 0 Å². The number of hydrogen-bond donors (Lipinski definition) is 2. The molecule has 0 aromatic heterocycles. The molecule has 0 radical (unpaired) electrons. The molecule has 0 saturated carbocycles. The van der Waals surface area contributed by atoms with Gasteiger partial charge in [0.1, 0.15) is 6.10 Å². The van der Waals surface area contributed by atoms with Gasteiger partial charge in [-0.15, -0.1) is 0 Å². The zero-order valence-corrected chi connectivity index (χ0v) is 15.3. The zero-order chi connectivity index (χ0) is 19.6. The fraction of sp³-hybridized carbons (Fsp3) is 0.350. The van der Waals surface area contributed by atoms with Crippen LogP contribution in [-0.4, -0.2) is 36.2 Å². The highest BCUT2D eigenvalue weighted by Crippen LogP contribution is 2.36. The topological polar surface area (TPSA) is 94.5 Å². The molecule has 27 heavy (non-hydrogen) atoms. The summed E-state index contributed by atoms with van der Waals surface area (Å²) in [6.07, 6.45) is -1.46. The van der Waals surface area contributed by atoms with Gasteiger partial charge in [-0.3, -0.25) is 0 Å². The van der Waals surface area contributed by atoms with Gasteiger partial charge in [0.05, 0.1) is 18.8 Å². The first-order valence-corrected chi connectivity index (χ1v) is 8.56. The molecular formula is C20H22O7. The molecule has 7 nitrogen and oxygen atoms in total. The fourth-order valence-electron chi connectivity index (χ4n) is 2.81. The monoisotopic (exact) mass is 374 g/mol. The maximum atomic E-state index is 12.7. The Hall–Kier alpha value is -2.93. The Labute approximate surface area is 157 Å². The number of aromatic hydroxyl groups is 1. The first kappa shape index (κ1) is 18.8. The molecule has 2 aromatic rings. The van der Waals surface area contributed by atoms with Gasteiger partial charge in [-0.05, 0) is 42.8 Å². The van der Waals surface area contributed by atoms with E-state index in [1.54, 1.807) is 44.2 Å². The van der Waals surface area contributed by atoms with Gasteiger partial charge in [0.15, 0.2) is 23.0 Å². The summed E-state index contributed by atoms with van der Waals surface area (Å²) >= 11 is 0. The summed E-state index contributed by atoms with van der Waals surface area (Å²) in [6, 6.07) is 9.49. The van der Waals surface area contributed by atoms with E-state index in [0.717, 1.165) is 0 Å². The van der Waals surface area contributed by atoms with Crippen LogP contribution in [0.2, 0.25) is 0 Å². The molecule has 1 aliphatic rings. The number of rotatable bonds is 6. The van der Waals surface area contributed by atoms with Gasteiger partial charge in [0.25, 0.3) is 0 Å². The Morgan fingerprint density at radius 2 is 1.85 bits per heavy atom. The van der Waals surface area contributed by atoms with Gasteiger partial charge in [-0.25, -0.2) is 4.79 Å². The van der Waals surface area contributed by atoms with E-state index < -0.39 is 24.1 Å². The van der Waals surface area contributed by atoms with E-state index >= 15 is 0 Å². The van der Waals surface area contributed by atoms with Crippen molar-refractivity contribution in [3.8, 4) is 23.0 Å². The second-order valence-electron chi connectivity index (χ2n) is 6.42. The SMILES string of the molecule is COc1cc([C@H](OC(=O)c2ccc3c(c2)OCO3)[C@H](C)[C@H](C)O)ccc1O. The van der Waals surface area contributed by atoms with Crippen molar-refractivity contribution in [1.29, 1.82) is 0 Å². The molecule has 1 heterocycles. The van der Waals surface area contributed by atoms with Crippen molar-refractivity contribution in [2.24, 2.45) is 5.92 Å². The maximum Gasteiger partial charge on any atom is 0.338 e.